The van der Waals surface area contributed by atoms with E-state index in [-0.39, 0.29) is 6.10 Å². The molecule has 1 fully saturated rings. The van der Waals surface area contributed by atoms with Crippen LogP contribution in [-0.4, -0.2) is 67.5 Å². The molecule has 17 heavy (non-hydrogen) atoms. The molecule has 1 heterocycles. The Labute approximate surface area is 108 Å². The third kappa shape index (κ3) is 4.46. The van der Waals surface area contributed by atoms with E-state index in [4.69, 9.17) is 13.9 Å². The average Bonchev–Trinajstić information content (AvgIpc) is 2.15. The van der Waals surface area contributed by atoms with E-state index >= 15 is 0 Å². The summed E-state index contributed by atoms with van der Waals surface area (Å²) >= 11 is 0. The molecule has 1 aliphatic heterocycles. The van der Waals surface area contributed by atoms with Crippen LogP contribution in [0, 0.1) is 0 Å². The van der Waals surface area contributed by atoms with Crippen LogP contribution < -0.4 is 0 Å². The van der Waals surface area contributed by atoms with Crippen LogP contribution >= 0.6 is 0 Å². The van der Waals surface area contributed by atoms with Gasteiger partial charge in [-0.3, -0.25) is 4.90 Å². The summed E-state index contributed by atoms with van der Waals surface area (Å²) in [7, 11) is 1.14. The van der Waals surface area contributed by atoms with Crippen molar-refractivity contribution in [1.29, 1.82) is 0 Å². The van der Waals surface area contributed by atoms with Crippen LogP contribution in [0.5, 0.6) is 0 Å². The number of methoxy groups -OCH3 is 2. The first kappa shape index (κ1) is 15.3. The zero-order valence-corrected chi connectivity index (χ0v) is 14.2. The van der Waals surface area contributed by atoms with Gasteiger partial charge < -0.3 is 13.9 Å². The summed E-state index contributed by atoms with van der Waals surface area (Å²) in [6, 6.07) is 0. The Balaban J connectivity index is 2.71. The molecule has 1 aliphatic rings. The highest BCUT2D eigenvalue weighted by Gasteiger charge is 2.39. The van der Waals surface area contributed by atoms with Crippen molar-refractivity contribution in [3.63, 3.8) is 0 Å². The molecule has 0 N–H and O–H groups in total. The third-order valence-corrected chi connectivity index (χ3v) is 7.01. The SMILES string of the molecule is COCC1CN(C(OC)[SiH](C)C)C[Si](C)(C)O1. The maximum absolute atomic E-state index is 6.15. The lowest BCUT2D eigenvalue weighted by molar-refractivity contribution is -0.0317. The van der Waals surface area contributed by atoms with Gasteiger partial charge in [0.25, 0.3) is 0 Å². The van der Waals surface area contributed by atoms with Gasteiger partial charge in [0.2, 0.25) is 8.32 Å². The van der Waals surface area contributed by atoms with E-state index in [0.717, 1.165) is 12.7 Å². The van der Waals surface area contributed by atoms with Gasteiger partial charge in [-0.2, -0.15) is 0 Å². The van der Waals surface area contributed by atoms with E-state index in [2.05, 4.69) is 31.1 Å². The summed E-state index contributed by atoms with van der Waals surface area (Å²) in [6.45, 7) is 10.8. The fourth-order valence-corrected chi connectivity index (χ4v) is 6.88. The van der Waals surface area contributed by atoms with Crippen molar-refractivity contribution in [1.82, 2.24) is 4.90 Å². The van der Waals surface area contributed by atoms with Gasteiger partial charge in [0.05, 0.1) is 27.4 Å². The molecule has 0 amide bonds. The summed E-state index contributed by atoms with van der Waals surface area (Å²) in [5, 5.41) is 0. The first-order chi connectivity index (χ1) is 7.89. The Hall–Kier alpha value is 0.274. The van der Waals surface area contributed by atoms with Crippen molar-refractivity contribution in [2.24, 2.45) is 0 Å². The van der Waals surface area contributed by atoms with E-state index in [1.807, 2.05) is 7.11 Å². The highest BCUT2D eigenvalue weighted by atomic mass is 28.4. The van der Waals surface area contributed by atoms with E-state index in [9.17, 15) is 0 Å². The summed E-state index contributed by atoms with van der Waals surface area (Å²) in [5.41, 5.74) is 0. The van der Waals surface area contributed by atoms with E-state index in [0.29, 0.717) is 12.5 Å². The minimum absolute atomic E-state index is 0.209. The third-order valence-electron chi connectivity index (χ3n) is 3.03. The van der Waals surface area contributed by atoms with E-state index in [1.165, 1.54) is 0 Å². The second kappa shape index (κ2) is 6.44. The minimum Gasteiger partial charge on any atom is -0.410 e. The highest BCUT2D eigenvalue weighted by Crippen LogP contribution is 2.21. The molecule has 2 atom stereocenters. The lowest BCUT2D eigenvalue weighted by Crippen LogP contribution is -2.62. The number of rotatable bonds is 5. The second-order valence-electron chi connectivity index (χ2n) is 5.75. The molecule has 1 saturated heterocycles. The van der Waals surface area contributed by atoms with Crippen molar-refractivity contribution in [3.05, 3.63) is 0 Å². The van der Waals surface area contributed by atoms with Crippen LogP contribution in [0.2, 0.25) is 26.2 Å². The largest absolute Gasteiger partial charge is 0.410 e. The zero-order valence-electron chi connectivity index (χ0n) is 12.0. The van der Waals surface area contributed by atoms with Crippen LogP contribution in [0.1, 0.15) is 0 Å². The van der Waals surface area contributed by atoms with Crippen molar-refractivity contribution in [2.75, 3.05) is 33.5 Å². The predicted octanol–water partition coefficient (Wildman–Crippen LogP) is 1.08. The summed E-state index contributed by atoms with van der Waals surface area (Å²) in [4.78, 5) is 2.48. The van der Waals surface area contributed by atoms with Crippen LogP contribution in [0.15, 0.2) is 0 Å². The maximum atomic E-state index is 6.15. The molecular formula is C11H27NO3Si2. The number of nitrogens with zero attached hydrogens (tertiary/aromatic N) is 1. The fraction of sp³-hybridized carbons (Fsp3) is 1.00. The van der Waals surface area contributed by atoms with Gasteiger partial charge in [-0.15, -0.1) is 0 Å². The van der Waals surface area contributed by atoms with Gasteiger partial charge in [0, 0.05) is 26.9 Å². The Bertz CT molecular complexity index is 239. The Morgan fingerprint density at radius 2 is 2.06 bits per heavy atom. The molecule has 1 rings (SSSR count). The molecule has 0 saturated carbocycles. The summed E-state index contributed by atoms with van der Waals surface area (Å²) in [5.74, 6) is 0.324. The van der Waals surface area contributed by atoms with Gasteiger partial charge in [0.1, 0.15) is 0 Å². The Morgan fingerprint density at radius 1 is 1.41 bits per heavy atom. The summed E-state index contributed by atoms with van der Waals surface area (Å²) < 4.78 is 17.1. The molecule has 0 aromatic rings. The van der Waals surface area contributed by atoms with Crippen LogP contribution in [0.4, 0.5) is 0 Å². The second-order valence-corrected chi connectivity index (χ2v) is 12.9. The lowest BCUT2D eigenvalue weighted by atomic mass is 10.3. The molecule has 2 unspecified atom stereocenters. The van der Waals surface area contributed by atoms with Gasteiger partial charge >= 0.3 is 0 Å². The minimum atomic E-state index is -1.59. The zero-order chi connectivity index (χ0) is 13.1. The first-order valence-electron chi connectivity index (χ1n) is 6.33. The van der Waals surface area contributed by atoms with Crippen molar-refractivity contribution in [3.8, 4) is 0 Å². The predicted molar refractivity (Wildman–Crippen MR) is 75.5 cm³/mol. The highest BCUT2D eigenvalue weighted by molar-refractivity contribution is 6.71. The van der Waals surface area contributed by atoms with E-state index < -0.39 is 17.1 Å². The van der Waals surface area contributed by atoms with Crippen molar-refractivity contribution >= 4 is 17.1 Å². The average molecular weight is 278 g/mol. The maximum Gasteiger partial charge on any atom is 0.201 e. The van der Waals surface area contributed by atoms with Crippen LogP contribution in [0.3, 0.4) is 0 Å². The molecule has 0 aliphatic carbocycles. The van der Waals surface area contributed by atoms with Gasteiger partial charge in [-0.05, 0) is 13.1 Å². The number of ether oxygens (including phenoxy) is 2. The van der Waals surface area contributed by atoms with Crippen LogP contribution in [-0.2, 0) is 13.9 Å². The van der Waals surface area contributed by atoms with Gasteiger partial charge in [0.15, 0.2) is 0 Å². The molecule has 6 heteroatoms. The lowest BCUT2D eigenvalue weighted by Gasteiger charge is -2.45. The molecule has 102 valence electrons. The van der Waals surface area contributed by atoms with Crippen molar-refractivity contribution < 1.29 is 13.9 Å². The smallest absolute Gasteiger partial charge is 0.201 e. The normalized spacial score (nSPS) is 27.4. The van der Waals surface area contributed by atoms with Crippen molar-refractivity contribution in [2.45, 2.75) is 38.1 Å². The van der Waals surface area contributed by atoms with Gasteiger partial charge in [-0.1, -0.05) is 13.1 Å². The molecular weight excluding hydrogens is 250 g/mol. The molecule has 0 spiro atoms. The molecule has 0 bridgehead atoms. The molecule has 0 aromatic heterocycles. The number of hydrogen-bond acceptors (Lipinski definition) is 4. The van der Waals surface area contributed by atoms with Gasteiger partial charge in [-0.25, -0.2) is 0 Å². The first-order valence-corrected chi connectivity index (χ1v) is 12.4. The molecule has 0 radical (unpaired) electrons. The molecule has 4 nitrogen and oxygen atoms in total. The topological polar surface area (TPSA) is 30.9 Å². The fourth-order valence-electron chi connectivity index (χ4n) is 2.65. The quantitative estimate of drug-likeness (QED) is 0.704. The standard InChI is InChI=1S/C11H27NO3Si2/c1-13-8-10-7-12(9-17(5,6)15-10)11(14-2)16(3)4/h10-11,16H,7-9H2,1-6H3. The summed E-state index contributed by atoms with van der Waals surface area (Å²) in [6.07, 6.45) is 1.28. The van der Waals surface area contributed by atoms with E-state index in [1.54, 1.807) is 7.11 Å². The number of hydrogen-bond donors (Lipinski definition) is 0. The van der Waals surface area contributed by atoms with Crippen LogP contribution in [0.25, 0.3) is 0 Å². The monoisotopic (exact) mass is 277 g/mol. The Kier molecular flexibility index (Phi) is 5.81. The Morgan fingerprint density at radius 3 is 2.53 bits per heavy atom. The molecule has 0 aromatic carbocycles.